The van der Waals surface area contributed by atoms with Crippen LogP contribution in [0.4, 0.5) is 0 Å². The quantitative estimate of drug-likeness (QED) is 0.807. The van der Waals surface area contributed by atoms with E-state index in [1.54, 1.807) is 0 Å². The first kappa shape index (κ1) is 13.0. The van der Waals surface area contributed by atoms with Crippen molar-refractivity contribution in [1.29, 1.82) is 0 Å². The number of aliphatic hydroxyl groups is 1. The molecule has 1 saturated carbocycles. The van der Waals surface area contributed by atoms with Crippen LogP contribution in [0.15, 0.2) is 0 Å². The minimum atomic E-state index is -0.420. The largest absolute Gasteiger partial charge is 0.392 e. The van der Waals surface area contributed by atoms with Crippen molar-refractivity contribution in [3.05, 3.63) is 0 Å². The van der Waals surface area contributed by atoms with Gasteiger partial charge >= 0.3 is 0 Å². The summed E-state index contributed by atoms with van der Waals surface area (Å²) in [5.74, 6) is 0.966. The van der Waals surface area contributed by atoms with Crippen molar-refractivity contribution in [2.75, 3.05) is 5.75 Å². The van der Waals surface area contributed by atoms with Crippen LogP contribution in [0.5, 0.6) is 0 Å². The van der Waals surface area contributed by atoms with E-state index < -0.39 is 6.10 Å². The minimum absolute atomic E-state index is 0.149. The molecule has 1 N–H and O–H groups in total. The first-order chi connectivity index (χ1) is 7.16. The zero-order valence-electron chi connectivity index (χ0n) is 9.74. The molecule has 15 heavy (non-hydrogen) atoms. The molecular formula is C12H22O2S. The number of aliphatic hydroxyl groups excluding tert-OH is 1. The van der Waals surface area contributed by atoms with E-state index in [2.05, 4.69) is 0 Å². The van der Waals surface area contributed by atoms with Crippen molar-refractivity contribution in [2.24, 2.45) is 11.8 Å². The highest BCUT2D eigenvalue weighted by atomic mass is 32.2. The van der Waals surface area contributed by atoms with Crippen LogP contribution in [0, 0.1) is 11.8 Å². The first-order valence-corrected chi connectivity index (χ1v) is 7.00. The van der Waals surface area contributed by atoms with E-state index >= 15 is 0 Å². The van der Waals surface area contributed by atoms with Crippen molar-refractivity contribution in [1.82, 2.24) is 0 Å². The second kappa shape index (κ2) is 6.54. The van der Waals surface area contributed by atoms with E-state index in [1.807, 2.05) is 13.8 Å². The lowest BCUT2D eigenvalue weighted by molar-refractivity contribution is -0.118. The van der Waals surface area contributed by atoms with Crippen LogP contribution in [0.3, 0.4) is 0 Å². The Kier molecular flexibility index (Phi) is 5.69. The smallest absolute Gasteiger partial charge is 0.194 e. The molecule has 2 nitrogen and oxygen atoms in total. The number of hydrogen-bond donors (Lipinski definition) is 1. The number of carbonyl (C=O) groups is 1. The van der Waals surface area contributed by atoms with Crippen LogP contribution in [-0.2, 0) is 4.79 Å². The zero-order valence-corrected chi connectivity index (χ0v) is 10.6. The Balaban J connectivity index is 2.43. The topological polar surface area (TPSA) is 37.3 Å². The van der Waals surface area contributed by atoms with Gasteiger partial charge in [0.15, 0.2) is 5.12 Å². The predicted molar refractivity (Wildman–Crippen MR) is 64.9 cm³/mol. The summed E-state index contributed by atoms with van der Waals surface area (Å²) in [6.07, 6.45) is 5.48. The van der Waals surface area contributed by atoms with Crippen LogP contribution < -0.4 is 0 Å². The fourth-order valence-corrected chi connectivity index (χ4v) is 2.98. The van der Waals surface area contributed by atoms with Gasteiger partial charge in [-0.25, -0.2) is 0 Å². The Morgan fingerprint density at radius 3 is 2.53 bits per heavy atom. The van der Waals surface area contributed by atoms with Gasteiger partial charge in [-0.05, 0) is 24.5 Å². The third-order valence-corrected chi connectivity index (χ3v) is 4.25. The van der Waals surface area contributed by atoms with Gasteiger partial charge in [0.25, 0.3) is 0 Å². The summed E-state index contributed by atoms with van der Waals surface area (Å²) in [6, 6.07) is 0. The van der Waals surface area contributed by atoms with Gasteiger partial charge in [0, 0.05) is 0 Å². The Labute approximate surface area is 96.8 Å². The van der Waals surface area contributed by atoms with Gasteiger partial charge in [-0.3, -0.25) is 4.79 Å². The average Bonchev–Trinajstić information content (AvgIpc) is 2.28. The molecule has 0 aromatic rings. The van der Waals surface area contributed by atoms with Gasteiger partial charge in [0.05, 0.1) is 12.0 Å². The molecule has 0 saturated heterocycles. The molecular weight excluding hydrogens is 208 g/mol. The zero-order chi connectivity index (χ0) is 11.3. The van der Waals surface area contributed by atoms with Crippen LogP contribution in [0.1, 0.15) is 46.0 Å². The third kappa shape index (κ3) is 3.80. The molecule has 88 valence electrons. The second-order valence-electron chi connectivity index (χ2n) is 4.43. The van der Waals surface area contributed by atoms with Crippen LogP contribution in [0.2, 0.25) is 0 Å². The van der Waals surface area contributed by atoms with E-state index in [0.29, 0.717) is 5.92 Å². The molecule has 0 heterocycles. The molecule has 1 aliphatic rings. The average molecular weight is 230 g/mol. The molecule has 0 aliphatic heterocycles. The molecule has 1 rings (SSSR count). The summed E-state index contributed by atoms with van der Waals surface area (Å²) in [6.45, 7) is 3.84. The molecule has 2 atom stereocenters. The van der Waals surface area contributed by atoms with Gasteiger partial charge in [0.2, 0.25) is 0 Å². The van der Waals surface area contributed by atoms with Crippen LogP contribution in [-0.4, -0.2) is 22.1 Å². The third-order valence-electron chi connectivity index (χ3n) is 3.30. The normalized spacial score (nSPS) is 22.3. The Bertz CT molecular complexity index is 200. The molecule has 0 aromatic carbocycles. The monoisotopic (exact) mass is 230 g/mol. The standard InChI is InChI=1S/C12H22O2S/c1-3-15-12(14)9(2)11(13)10-7-5-4-6-8-10/h9-11,13H,3-8H2,1-2H3/t9-,11+/m1/s1. The number of hydrogen-bond acceptors (Lipinski definition) is 3. The Hall–Kier alpha value is -0.0200. The van der Waals surface area contributed by atoms with E-state index in [-0.39, 0.29) is 11.0 Å². The molecule has 0 spiro atoms. The van der Waals surface area contributed by atoms with Gasteiger partial charge in [-0.15, -0.1) is 0 Å². The molecule has 1 aliphatic carbocycles. The summed E-state index contributed by atoms with van der Waals surface area (Å²) >= 11 is 1.33. The Morgan fingerprint density at radius 2 is 2.00 bits per heavy atom. The summed E-state index contributed by atoms with van der Waals surface area (Å²) < 4.78 is 0. The van der Waals surface area contributed by atoms with E-state index in [1.165, 1.54) is 31.0 Å². The van der Waals surface area contributed by atoms with E-state index in [9.17, 15) is 9.90 Å². The summed E-state index contributed by atoms with van der Waals surface area (Å²) in [5.41, 5.74) is 0. The lowest BCUT2D eigenvalue weighted by Gasteiger charge is -2.29. The molecule has 0 amide bonds. The molecule has 1 fully saturated rings. The summed E-state index contributed by atoms with van der Waals surface area (Å²) in [4.78, 5) is 11.6. The molecule has 0 radical (unpaired) electrons. The number of carbonyl (C=O) groups excluding carboxylic acids is 1. The van der Waals surface area contributed by atoms with Gasteiger partial charge in [-0.1, -0.05) is 44.9 Å². The highest BCUT2D eigenvalue weighted by Crippen LogP contribution is 2.30. The van der Waals surface area contributed by atoms with E-state index in [0.717, 1.165) is 18.6 Å². The number of thioether (sulfide) groups is 1. The van der Waals surface area contributed by atoms with Crippen molar-refractivity contribution < 1.29 is 9.90 Å². The summed E-state index contributed by atoms with van der Waals surface area (Å²) in [5, 5.41) is 10.3. The van der Waals surface area contributed by atoms with Crippen molar-refractivity contribution >= 4 is 16.9 Å². The van der Waals surface area contributed by atoms with Crippen LogP contribution in [0.25, 0.3) is 0 Å². The predicted octanol–water partition coefficient (Wildman–Crippen LogP) is 2.84. The molecule has 0 unspecified atom stereocenters. The number of rotatable bonds is 4. The molecule has 0 aromatic heterocycles. The van der Waals surface area contributed by atoms with E-state index in [4.69, 9.17) is 0 Å². The molecule has 0 bridgehead atoms. The SMILES string of the molecule is CCSC(=O)[C@H](C)[C@H](O)C1CCCCC1. The second-order valence-corrected chi connectivity index (χ2v) is 5.70. The van der Waals surface area contributed by atoms with Crippen molar-refractivity contribution in [3.8, 4) is 0 Å². The van der Waals surface area contributed by atoms with Crippen molar-refractivity contribution in [3.63, 3.8) is 0 Å². The maximum atomic E-state index is 11.6. The minimum Gasteiger partial charge on any atom is -0.392 e. The van der Waals surface area contributed by atoms with Crippen molar-refractivity contribution in [2.45, 2.75) is 52.1 Å². The van der Waals surface area contributed by atoms with Gasteiger partial charge in [-0.2, -0.15) is 0 Å². The fraction of sp³-hybridized carbons (Fsp3) is 0.917. The highest BCUT2D eigenvalue weighted by molar-refractivity contribution is 8.13. The van der Waals surface area contributed by atoms with Gasteiger partial charge < -0.3 is 5.11 Å². The summed E-state index contributed by atoms with van der Waals surface area (Å²) in [7, 11) is 0. The Morgan fingerprint density at radius 1 is 1.40 bits per heavy atom. The highest BCUT2D eigenvalue weighted by Gasteiger charge is 2.29. The lowest BCUT2D eigenvalue weighted by atomic mass is 9.81. The maximum absolute atomic E-state index is 11.6. The van der Waals surface area contributed by atoms with Gasteiger partial charge in [0.1, 0.15) is 0 Å². The maximum Gasteiger partial charge on any atom is 0.194 e. The fourth-order valence-electron chi connectivity index (χ4n) is 2.30. The molecule has 3 heteroatoms. The lowest BCUT2D eigenvalue weighted by Crippen LogP contribution is -2.32. The van der Waals surface area contributed by atoms with Crippen LogP contribution >= 0.6 is 11.8 Å². The first-order valence-electron chi connectivity index (χ1n) is 6.01.